The molecule has 0 radical (unpaired) electrons. The van der Waals surface area contributed by atoms with Crippen molar-refractivity contribution in [3.63, 3.8) is 0 Å². The van der Waals surface area contributed by atoms with Gasteiger partial charge in [0.25, 0.3) is 0 Å². The third kappa shape index (κ3) is 19.9. The van der Waals surface area contributed by atoms with Gasteiger partial charge in [-0.05, 0) is 50.7 Å². The second kappa shape index (κ2) is 24.9. The molecule has 44 heavy (non-hydrogen) atoms. The highest BCUT2D eigenvalue weighted by Crippen LogP contribution is 2.25. The molecule has 1 aliphatic heterocycles. The zero-order valence-corrected chi connectivity index (χ0v) is 29.4. The largest absolute Gasteiger partial charge is 0.744 e. The summed E-state index contributed by atoms with van der Waals surface area (Å²) in [6.07, 6.45) is 28.9. The van der Waals surface area contributed by atoms with Crippen LogP contribution in [0.25, 0.3) is 0 Å². The van der Waals surface area contributed by atoms with E-state index in [2.05, 4.69) is 28.6 Å². The molecule has 3 rings (SSSR count). The lowest BCUT2D eigenvalue weighted by Gasteiger charge is -2.10. The number of benzene rings is 1. The van der Waals surface area contributed by atoms with E-state index < -0.39 is 10.1 Å². The van der Waals surface area contributed by atoms with E-state index in [0.717, 1.165) is 37.8 Å². The van der Waals surface area contributed by atoms with Crippen molar-refractivity contribution in [1.82, 2.24) is 0 Å². The Morgan fingerprint density at radius 2 is 1.45 bits per heavy atom. The van der Waals surface area contributed by atoms with Crippen LogP contribution < -0.4 is 4.57 Å². The lowest BCUT2D eigenvalue weighted by Crippen LogP contribution is -2.29. The molecular formula is C36H61NO5S2. The normalized spacial score (nSPS) is 16.6. The fraction of sp³-hybridized carbons (Fsp3) is 0.750. The van der Waals surface area contributed by atoms with Crippen molar-refractivity contribution in [3.8, 4) is 0 Å². The van der Waals surface area contributed by atoms with Crippen molar-refractivity contribution in [2.24, 2.45) is 5.92 Å². The van der Waals surface area contributed by atoms with E-state index in [-0.39, 0.29) is 4.90 Å². The summed E-state index contributed by atoms with van der Waals surface area (Å²) in [6.45, 7) is 7.90. The van der Waals surface area contributed by atoms with Gasteiger partial charge in [-0.2, -0.15) is 4.57 Å². The standard InChI is InChI=1S/C29H54NO2S.C7H8O3S/c1-2-3-4-5-6-7-8-9-10-11-12-13-14-16-19-28-24-29(32-25-28)26-31-22-18-15-17-20-30-21-23-33-27-30;1-6-2-4-7(5-3-6)11(8,9)10/h21,23,27-29H,2-20,22,24-26H2,1H3;2-5H,1H3,(H,8,9,10)/q+1;/p-1. The summed E-state index contributed by atoms with van der Waals surface area (Å²) in [6, 6.07) is 5.78. The predicted octanol–water partition coefficient (Wildman–Crippen LogP) is 9.40. The fourth-order valence-corrected chi connectivity index (χ4v) is 6.81. The van der Waals surface area contributed by atoms with Crippen LogP contribution in [0, 0.1) is 12.8 Å². The smallest absolute Gasteiger partial charge is 0.224 e. The van der Waals surface area contributed by atoms with E-state index in [0.29, 0.717) is 6.10 Å². The topological polar surface area (TPSA) is 79.5 Å². The third-order valence-corrected chi connectivity index (χ3v) is 10.00. The maximum atomic E-state index is 10.4. The Labute approximate surface area is 273 Å². The van der Waals surface area contributed by atoms with Gasteiger partial charge in [-0.3, -0.25) is 0 Å². The molecule has 2 aromatic rings. The maximum absolute atomic E-state index is 10.4. The van der Waals surface area contributed by atoms with Gasteiger partial charge in [0.05, 0.1) is 23.0 Å². The van der Waals surface area contributed by atoms with Gasteiger partial charge in [-0.1, -0.05) is 126 Å². The van der Waals surface area contributed by atoms with E-state index in [1.807, 2.05) is 6.92 Å². The maximum Gasteiger partial charge on any atom is 0.224 e. The van der Waals surface area contributed by atoms with Gasteiger partial charge in [-0.25, -0.2) is 8.42 Å². The molecule has 252 valence electrons. The minimum absolute atomic E-state index is 0.178. The fourth-order valence-electron chi connectivity index (χ4n) is 5.71. The summed E-state index contributed by atoms with van der Waals surface area (Å²) >= 11 is 1.76. The Balaban J connectivity index is 0.000000514. The molecule has 2 atom stereocenters. The van der Waals surface area contributed by atoms with Crippen LogP contribution in [-0.2, 0) is 26.1 Å². The highest BCUT2D eigenvalue weighted by molar-refractivity contribution is 7.85. The second-order valence-corrected chi connectivity index (χ2v) is 14.7. The molecule has 1 fully saturated rings. The number of rotatable bonds is 24. The highest BCUT2D eigenvalue weighted by Gasteiger charge is 2.25. The Kier molecular flexibility index (Phi) is 22.0. The van der Waals surface area contributed by atoms with E-state index in [9.17, 15) is 13.0 Å². The van der Waals surface area contributed by atoms with Crippen LogP contribution in [0.15, 0.2) is 46.2 Å². The minimum Gasteiger partial charge on any atom is -0.744 e. The van der Waals surface area contributed by atoms with Crippen molar-refractivity contribution < 1.29 is 27.0 Å². The molecule has 8 heteroatoms. The van der Waals surface area contributed by atoms with Gasteiger partial charge in [0.1, 0.15) is 16.7 Å². The molecule has 1 saturated heterocycles. The molecule has 0 amide bonds. The first-order valence-corrected chi connectivity index (χ1v) is 19.9. The number of hydrogen-bond donors (Lipinski definition) is 0. The van der Waals surface area contributed by atoms with E-state index in [1.54, 1.807) is 23.5 Å². The molecule has 0 spiro atoms. The lowest BCUT2D eigenvalue weighted by atomic mass is 9.97. The van der Waals surface area contributed by atoms with E-state index in [1.165, 1.54) is 134 Å². The Hall–Kier alpha value is -1.32. The molecule has 1 aromatic carbocycles. The van der Waals surface area contributed by atoms with E-state index in [4.69, 9.17) is 9.47 Å². The lowest BCUT2D eigenvalue weighted by molar-refractivity contribution is -0.692. The molecule has 0 bridgehead atoms. The number of hydrogen-bond acceptors (Lipinski definition) is 6. The average molecular weight is 652 g/mol. The van der Waals surface area contributed by atoms with Gasteiger partial charge in [0.15, 0.2) is 6.20 Å². The third-order valence-electron chi connectivity index (χ3n) is 8.48. The van der Waals surface area contributed by atoms with Crippen LogP contribution in [0.1, 0.15) is 134 Å². The van der Waals surface area contributed by atoms with Crippen LogP contribution in [0.3, 0.4) is 0 Å². The van der Waals surface area contributed by atoms with Crippen molar-refractivity contribution >= 4 is 21.5 Å². The summed E-state index contributed by atoms with van der Waals surface area (Å²) in [7, 11) is -4.27. The molecule has 0 saturated carbocycles. The molecule has 1 aromatic heterocycles. The predicted molar refractivity (Wildman–Crippen MR) is 181 cm³/mol. The van der Waals surface area contributed by atoms with Crippen LogP contribution in [0.2, 0.25) is 0 Å². The summed E-state index contributed by atoms with van der Waals surface area (Å²) in [5.41, 5.74) is 3.11. The summed E-state index contributed by atoms with van der Waals surface area (Å²) in [5, 5.41) is 2.14. The van der Waals surface area contributed by atoms with E-state index >= 15 is 0 Å². The molecule has 1 aliphatic rings. The van der Waals surface area contributed by atoms with Crippen molar-refractivity contribution in [1.29, 1.82) is 0 Å². The molecule has 2 unspecified atom stereocenters. The number of aryl methyl sites for hydroxylation is 2. The second-order valence-electron chi connectivity index (χ2n) is 12.6. The average Bonchev–Trinajstić information content (AvgIpc) is 3.69. The van der Waals surface area contributed by atoms with Gasteiger partial charge in [0, 0.05) is 19.6 Å². The van der Waals surface area contributed by atoms with Gasteiger partial charge in [-0.15, -0.1) is 0 Å². The van der Waals surface area contributed by atoms with Crippen LogP contribution in [0.5, 0.6) is 0 Å². The zero-order valence-electron chi connectivity index (χ0n) is 27.8. The number of aromatic nitrogens is 1. The summed E-state index contributed by atoms with van der Waals surface area (Å²) in [5.74, 6) is 0.776. The van der Waals surface area contributed by atoms with Gasteiger partial charge >= 0.3 is 0 Å². The first-order valence-electron chi connectivity index (χ1n) is 17.5. The number of nitrogens with zero attached hydrogens (tertiary/aromatic N) is 1. The molecule has 2 heterocycles. The van der Waals surface area contributed by atoms with Crippen molar-refractivity contribution in [2.45, 2.75) is 153 Å². The Morgan fingerprint density at radius 1 is 0.864 bits per heavy atom. The zero-order chi connectivity index (χ0) is 31.7. The molecular weight excluding hydrogens is 591 g/mol. The molecule has 0 aliphatic carbocycles. The monoisotopic (exact) mass is 651 g/mol. The first kappa shape index (κ1) is 38.9. The SMILES string of the molecule is CCCCCCCCCCCCCCCCC1COC(COCCCCC[n+]2ccsc2)C1.Cc1ccc(S(=O)(=O)[O-])cc1. The van der Waals surface area contributed by atoms with Crippen molar-refractivity contribution in [2.75, 3.05) is 19.8 Å². The number of thiazole rings is 1. The molecule has 0 N–H and O–H groups in total. The van der Waals surface area contributed by atoms with Crippen LogP contribution >= 0.6 is 11.3 Å². The Morgan fingerprint density at radius 3 is 2.02 bits per heavy atom. The first-order chi connectivity index (χ1) is 21.4. The highest BCUT2D eigenvalue weighted by atomic mass is 32.2. The summed E-state index contributed by atoms with van der Waals surface area (Å²) < 4.78 is 45.3. The minimum atomic E-state index is -4.27. The van der Waals surface area contributed by atoms with Crippen molar-refractivity contribution in [3.05, 3.63) is 46.9 Å². The summed E-state index contributed by atoms with van der Waals surface area (Å²) in [4.78, 5) is -0.178. The van der Waals surface area contributed by atoms with Gasteiger partial charge < -0.3 is 14.0 Å². The number of unbranched alkanes of at least 4 members (excludes halogenated alkanes) is 15. The number of ether oxygens (including phenoxy) is 2. The van der Waals surface area contributed by atoms with Crippen LogP contribution in [-0.4, -0.2) is 38.9 Å². The van der Waals surface area contributed by atoms with Gasteiger partial charge in [0.2, 0.25) is 5.51 Å². The quantitative estimate of drug-likeness (QED) is 0.0642. The Bertz CT molecular complexity index is 1030. The van der Waals surface area contributed by atoms with Crippen LogP contribution in [0.4, 0.5) is 0 Å². The molecule has 6 nitrogen and oxygen atoms in total.